The number of aliphatic hydroxyl groups is 1. The summed E-state index contributed by atoms with van der Waals surface area (Å²) in [5.41, 5.74) is 0.679. The second-order valence-electron chi connectivity index (χ2n) is 4.38. The molecule has 0 amide bonds. The lowest BCUT2D eigenvalue weighted by molar-refractivity contribution is 0.0888. The van der Waals surface area contributed by atoms with Gasteiger partial charge in [-0.2, -0.15) is 0 Å². The van der Waals surface area contributed by atoms with Crippen molar-refractivity contribution < 1.29 is 9.90 Å². The number of hydrogen-bond donors (Lipinski definition) is 1. The summed E-state index contributed by atoms with van der Waals surface area (Å²) >= 11 is 5.78. The van der Waals surface area contributed by atoms with Gasteiger partial charge >= 0.3 is 0 Å². The van der Waals surface area contributed by atoms with Gasteiger partial charge < -0.3 is 5.11 Å². The van der Waals surface area contributed by atoms with Crippen molar-refractivity contribution in [3.05, 3.63) is 34.9 Å². The van der Waals surface area contributed by atoms with Crippen LogP contribution in [0.1, 0.15) is 23.2 Å². The van der Waals surface area contributed by atoms with Crippen LogP contribution in [0.15, 0.2) is 24.3 Å². The molecule has 1 aromatic carbocycles. The molecule has 17 heavy (non-hydrogen) atoms. The first-order valence-electron chi connectivity index (χ1n) is 5.84. The Morgan fingerprint density at radius 2 is 2.12 bits per heavy atom. The highest BCUT2D eigenvalue weighted by Gasteiger charge is 2.25. The van der Waals surface area contributed by atoms with E-state index in [1.807, 2.05) is 0 Å². The highest BCUT2D eigenvalue weighted by Crippen LogP contribution is 2.17. The Morgan fingerprint density at radius 3 is 2.76 bits per heavy atom. The van der Waals surface area contributed by atoms with Gasteiger partial charge in [0.25, 0.3) is 0 Å². The van der Waals surface area contributed by atoms with Gasteiger partial charge in [-0.3, -0.25) is 9.69 Å². The van der Waals surface area contributed by atoms with Gasteiger partial charge in [0.2, 0.25) is 0 Å². The monoisotopic (exact) mass is 253 g/mol. The van der Waals surface area contributed by atoms with E-state index in [0.717, 1.165) is 19.4 Å². The number of likely N-dealkylation sites (tertiary alicyclic amines) is 1. The molecule has 1 fully saturated rings. The van der Waals surface area contributed by atoms with E-state index in [0.29, 0.717) is 17.1 Å². The van der Waals surface area contributed by atoms with Crippen LogP contribution < -0.4 is 0 Å². The summed E-state index contributed by atoms with van der Waals surface area (Å²) in [5.74, 6) is 0.0852. The Labute approximate surface area is 106 Å². The van der Waals surface area contributed by atoms with Gasteiger partial charge in [-0.25, -0.2) is 0 Å². The van der Waals surface area contributed by atoms with E-state index < -0.39 is 0 Å². The molecule has 0 aliphatic carbocycles. The molecule has 0 aromatic heterocycles. The SMILES string of the molecule is O=C(CN1CCCC1CO)c1ccc(Cl)cc1. The first-order valence-corrected chi connectivity index (χ1v) is 6.22. The molecule has 92 valence electrons. The van der Waals surface area contributed by atoms with Gasteiger partial charge in [0.05, 0.1) is 13.2 Å². The van der Waals surface area contributed by atoms with Gasteiger partial charge in [-0.1, -0.05) is 11.6 Å². The van der Waals surface area contributed by atoms with E-state index in [4.69, 9.17) is 11.6 Å². The average Bonchev–Trinajstić information content (AvgIpc) is 2.77. The van der Waals surface area contributed by atoms with E-state index in [9.17, 15) is 9.90 Å². The minimum absolute atomic E-state index is 0.0852. The van der Waals surface area contributed by atoms with Crippen LogP contribution in [0.3, 0.4) is 0 Å². The van der Waals surface area contributed by atoms with Crippen LogP contribution in [-0.2, 0) is 0 Å². The van der Waals surface area contributed by atoms with E-state index in [-0.39, 0.29) is 18.4 Å². The van der Waals surface area contributed by atoms with Crippen molar-refractivity contribution in [1.29, 1.82) is 0 Å². The molecule has 1 N–H and O–H groups in total. The van der Waals surface area contributed by atoms with Crippen molar-refractivity contribution in [2.75, 3.05) is 19.7 Å². The van der Waals surface area contributed by atoms with E-state index in [1.54, 1.807) is 24.3 Å². The summed E-state index contributed by atoms with van der Waals surface area (Å²) in [6.07, 6.45) is 2.03. The lowest BCUT2D eigenvalue weighted by Gasteiger charge is -2.21. The third-order valence-corrected chi connectivity index (χ3v) is 3.47. The van der Waals surface area contributed by atoms with Crippen LogP contribution in [0, 0.1) is 0 Å². The Morgan fingerprint density at radius 1 is 1.41 bits per heavy atom. The molecule has 1 aromatic rings. The second-order valence-corrected chi connectivity index (χ2v) is 4.82. The molecule has 0 radical (unpaired) electrons. The highest BCUT2D eigenvalue weighted by atomic mass is 35.5. The van der Waals surface area contributed by atoms with Gasteiger partial charge in [0.15, 0.2) is 5.78 Å². The molecule has 0 spiro atoms. The lowest BCUT2D eigenvalue weighted by Crippen LogP contribution is -2.36. The summed E-state index contributed by atoms with van der Waals surface area (Å²) in [4.78, 5) is 14.1. The van der Waals surface area contributed by atoms with Crippen LogP contribution in [-0.4, -0.2) is 41.5 Å². The maximum absolute atomic E-state index is 12.0. The Balaban J connectivity index is 1.99. The van der Waals surface area contributed by atoms with Crippen molar-refractivity contribution in [3.8, 4) is 0 Å². The van der Waals surface area contributed by atoms with Gasteiger partial charge in [-0.15, -0.1) is 0 Å². The fraction of sp³-hybridized carbons (Fsp3) is 0.462. The summed E-state index contributed by atoms with van der Waals surface area (Å²) in [6, 6.07) is 7.08. The molecule has 1 heterocycles. The van der Waals surface area contributed by atoms with Crippen LogP contribution in [0.4, 0.5) is 0 Å². The number of aliphatic hydroxyl groups excluding tert-OH is 1. The molecule has 1 unspecified atom stereocenters. The molecule has 2 rings (SSSR count). The molecular weight excluding hydrogens is 238 g/mol. The van der Waals surface area contributed by atoms with E-state index in [1.165, 1.54) is 0 Å². The third kappa shape index (κ3) is 3.06. The summed E-state index contributed by atoms with van der Waals surface area (Å²) < 4.78 is 0. The average molecular weight is 254 g/mol. The molecule has 1 saturated heterocycles. The molecule has 1 aliphatic heterocycles. The zero-order valence-electron chi connectivity index (χ0n) is 9.60. The summed E-state index contributed by atoms with van der Waals surface area (Å²) in [6.45, 7) is 1.41. The zero-order valence-corrected chi connectivity index (χ0v) is 10.4. The Hall–Kier alpha value is -0.900. The number of Topliss-reactive ketones (excluding diaryl/α,β-unsaturated/α-hetero) is 1. The molecular formula is C13H16ClNO2. The van der Waals surface area contributed by atoms with Crippen LogP contribution in [0.5, 0.6) is 0 Å². The number of rotatable bonds is 4. The largest absolute Gasteiger partial charge is 0.395 e. The summed E-state index contributed by atoms with van der Waals surface area (Å²) in [7, 11) is 0. The van der Waals surface area contributed by atoms with Crippen LogP contribution in [0.2, 0.25) is 5.02 Å². The number of halogens is 1. The quantitative estimate of drug-likeness (QED) is 0.835. The molecule has 0 bridgehead atoms. The van der Waals surface area contributed by atoms with Gasteiger partial charge in [0.1, 0.15) is 0 Å². The number of nitrogens with zero attached hydrogens (tertiary/aromatic N) is 1. The fourth-order valence-corrected chi connectivity index (χ4v) is 2.35. The second kappa shape index (κ2) is 5.63. The van der Waals surface area contributed by atoms with Crippen LogP contribution in [0.25, 0.3) is 0 Å². The van der Waals surface area contributed by atoms with Crippen molar-refractivity contribution in [1.82, 2.24) is 4.90 Å². The number of carbonyl (C=O) groups is 1. The fourth-order valence-electron chi connectivity index (χ4n) is 2.22. The molecule has 3 nitrogen and oxygen atoms in total. The first-order chi connectivity index (χ1) is 8.20. The van der Waals surface area contributed by atoms with E-state index >= 15 is 0 Å². The van der Waals surface area contributed by atoms with Crippen molar-refractivity contribution in [3.63, 3.8) is 0 Å². The Kier molecular flexibility index (Phi) is 4.15. The highest BCUT2D eigenvalue weighted by molar-refractivity contribution is 6.30. The maximum Gasteiger partial charge on any atom is 0.176 e. The standard InChI is InChI=1S/C13H16ClNO2/c14-11-5-3-10(4-6-11)13(17)8-15-7-1-2-12(15)9-16/h3-6,12,16H,1-2,7-9H2. The van der Waals surface area contributed by atoms with Crippen LogP contribution >= 0.6 is 11.6 Å². The number of hydrogen-bond acceptors (Lipinski definition) is 3. The normalized spacial score (nSPS) is 20.7. The zero-order chi connectivity index (χ0) is 12.3. The smallest absolute Gasteiger partial charge is 0.176 e. The van der Waals surface area contributed by atoms with Gasteiger partial charge in [-0.05, 0) is 43.7 Å². The molecule has 1 aliphatic rings. The minimum Gasteiger partial charge on any atom is -0.395 e. The molecule has 4 heteroatoms. The predicted molar refractivity (Wildman–Crippen MR) is 67.5 cm³/mol. The molecule has 0 saturated carbocycles. The van der Waals surface area contributed by atoms with E-state index in [2.05, 4.69) is 4.90 Å². The van der Waals surface area contributed by atoms with Crippen molar-refractivity contribution >= 4 is 17.4 Å². The number of benzene rings is 1. The minimum atomic E-state index is 0.0852. The third-order valence-electron chi connectivity index (χ3n) is 3.22. The topological polar surface area (TPSA) is 40.5 Å². The lowest BCUT2D eigenvalue weighted by atomic mass is 10.1. The van der Waals surface area contributed by atoms with Crippen molar-refractivity contribution in [2.24, 2.45) is 0 Å². The van der Waals surface area contributed by atoms with Crippen molar-refractivity contribution in [2.45, 2.75) is 18.9 Å². The molecule has 1 atom stereocenters. The summed E-state index contributed by atoms with van der Waals surface area (Å²) in [5, 5.41) is 9.82. The number of carbonyl (C=O) groups excluding carboxylic acids is 1. The maximum atomic E-state index is 12.0. The Bertz CT molecular complexity index is 391. The van der Waals surface area contributed by atoms with Gasteiger partial charge in [0, 0.05) is 16.6 Å². The predicted octanol–water partition coefficient (Wildman–Crippen LogP) is 1.98. The first kappa shape index (κ1) is 12.6. The number of ketones is 1.